The second kappa shape index (κ2) is 11.1. The molecule has 7 nitrogen and oxygen atoms in total. The molecule has 0 spiro atoms. The van der Waals surface area contributed by atoms with Gasteiger partial charge < -0.3 is 20.7 Å². The molecule has 194 valence electrons. The summed E-state index contributed by atoms with van der Waals surface area (Å²) in [6.45, 7) is 3.79. The Bertz CT molecular complexity index is 1560. The monoisotopic (exact) mass is 516 g/mol. The van der Waals surface area contributed by atoms with E-state index in [1.54, 1.807) is 30.3 Å². The predicted molar refractivity (Wildman–Crippen MR) is 150 cm³/mol. The first-order chi connectivity index (χ1) is 18.9. The van der Waals surface area contributed by atoms with Gasteiger partial charge in [-0.05, 0) is 71.6 Å². The van der Waals surface area contributed by atoms with E-state index in [1.807, 2.05) is 55.5 Å². The third-order valence-corrected chi connectivity index (χ3v) is 6.93. The van der Waals surface area contributed by atoms with E-state index in [0.29, 0.717) is 42.1 Å². The van der Waals surface area contributed by atoms with E-state index in [9.17, 15) is 9.59 Å². The molecule has 3 N–H and O–H groups in total. The Hall–Kier alpha value is -5.09. The predicted octanol–water partition coefficient (Wildman–Crippen LogP) is 5.21. The molecule has 0 fully saturated rings. The summed E-state index contributed by atoms with van der Waals surface area (Å²) in [5.74, 6) is 0.0277. The van der Waals surface area contributed by atoms with Crippen molar-refractivity contribution >= 4 is 17.5 Å². The maximum Gasteiger partial charge on any atom is 0.251 e. The molecule has 1 heterocycles. The standard InChI is InChI=1S/C32H28N4O3/c1-21(23-8-6-22(19-33)7-9-23)35-32(38)26-14-15-29-30(18-26)39-17-16-36(29)20-27-4-2-3-5-28(27)24-10-12-25(13-11-24)31(34)37/h2-15,18,21H,16-17,20H2,1H3,(H2,34,37)(H,35,38)/t21-/m0/s1. The number of anilines is 1. The number of carbonyl (C=O) groups excluding carboxylic acids is 2. The molecular formula is C32H28N4O3. The van der Waals surface area contributed by atoms with Crippen LogP contribution in [0.15, 0.2) is 91.0 Å². The number of ether oxygens (including phenoxy) is 1. The fourth-order valence-corrected chi connectivity index (χ4v) is 4.75. The van der Waals surface area contributed by atoms with Crippen molar-refractivity contribution < 1.29 is 14.3 Å². The van der Waals surface area contributed by atoms with Crippen LogP contribution in [-0.4, -0.2) is 25.0 Å². The van der Waals surface area contributed by atoms with E-state index >= 15 is 0 Å². The first kappa shape index (κ1) is 25.6. The van der Waals surface area contributed by atoms with E-state index in [2.05, 4.69) is 28.4 Å². The van der Waals surface area contributed by atoms with Gasteiger partial charge in [0.25, 0.3) is 5.91 Å². The summed E-state index contributed by atoms with van der Waals surface area (Å²) < 4.78 is 5.95. The number of primary amides is 1. The van der Waals surface area contributed by atoms with E-state index in [0.717, 1.165) is 27.9 Å². The summed E-state index contributed by atoms with van der Waals surface area (Å²) in [6.07, 6.45) is 0. The summed E-state index contributed by atoms with van der Waals surface area (Å²) in [4.78, 5) is 26.7. The molecule has 0 saturated heterocycles. The number of nitrogens with zero attached hydrogens (tertiary/aromatic N) is 2. The van der Waals surface area contributed by atoms with Crippen LogP contribution in [0.25, 0.3) is 11.1 Å². The third-order valence-electron chi connectivity index (χ3n) is 6.93. The van der Waals surface area contributed by atoms with Crippen LogP contribution in [-0.2, 0) is 6.54 Å². The largest absolute Gasteiger partial charge is 0.490 e. The molecule has 0 saturated carbocycles. The maximum absolute atomic E-state index is 13.0. The molecule has 5 rings (SSSR count). The minimum absolute atomic E-state index is 0.194. The third kappa shape index (κ3) is 5.60. The molecule has 0 aromatic heterocycles. The normalized spacial score (nSPS) is 13.0. The van der Waals surface area contributed by atoms with Gasteiger partial charge in [-0.1, -0.05) is 48.5 Å². The van der Waals surface area contributed by atoms with Crippen LogP contribution in [0.2, 0.25) is 0 Å². The van der Waals surface area contributed by atoms with Crippen LogP contribution in [0, 0.1) is 11.3 Å². The highest BCUT2D eigenvalue weighted by atomic mass is 16.5. The zero-order valence-electron chi connectivity index (χ0n) is 21.6. The van der Waals surface area contributed by atoms with Crippen LogP contribution in [0.4, 0.5) is 5.69 Å². The molecule has 4 aromatic carbocycles. The van der Waals surface area contributed by atoms with Gasteiger partial charge in [0.1, 0.15) is 12.4 Å². The van der Waals surface area contributed by atoms with E-state index in [-0.39, 0.29) is 11.9 Å². The summed E-state index contributed by atoms with van der Waals surface area (Å²) in [5.41, 5.74) is 12.0. The molecule has 2 amide bonds. The topological polar surface area (TPSA) is 108 Å². The van der Waals surface area contributed by atoms with Crippen molar-refractivity contribution in [1.82, 2.24) is 5.32 Å². The van der Waals surface area contributed by atoms with Crippen LogP contribution < -0.4 is 20.7 Å². The van der Waals surface area contributed by atoms with Gasteiger partial charge in [0.05, 0.1) is 29.9 Å². The van der Waals surface area contributed by atoms with Crippen LogP contribution in [0.1, 0.15) is 50.4 Å². The van der Waals surface area contributed by atoms with Gasteiger partial charge in [-0.25, -0.2) is 0 Å². The second-order valence-electron chi connectivity index (χ2n) is 9.48. The quantitative estimate of drug-likeness (QED) is 0.350. The van der Waals surface area contributed by atoms with Crippen molar-refractivity contribution in [2.24, 2.45) is 5.73 Å². The lowest BCUT2D eigenvalue weighted by atomic mass is 9.98. The SMILES string of the molecule is C[C@H](NC(=O)c1ccc2c(c1)OCCN2Cc1ccccc1-c1ccc(C(N)=O)cc1)c1ccc(C#N)cc1. The molecule has 0 aliphatic carbocycles. The number of fused-ring (bicyclic) bond motifs is 1. The van der Waals surface area contributed by atoms with Crippen molar-refractivity contribution in [1.29, 1.82) is 5.26 Å². The number of carbonyl (C=O) groups is 2. The molecule has 7 heteroatoms. The first-order valence-corrected chi connectivity index (χ1v) is 12.7. The van der Waals surface area contributed by atoms with Crippen molar-refractivity contribution in [3.63, 3.8) is 0 Å². The first-order valence-electron chi connectivity index (χ1n) is 12.7. The Balaban J connectivity index is 1.33. The molecule has 0 unspecified atom stereocenters. The molecule has 4 aromatic rings. The van der Waals surface area contributed by atoms with E-state index in [1.165, 1.54) is 0 Å². The minimum Gasteiger partial charge on any atom is -0.490 e. The molecule has 0 bridgehead atoms. The summed E-state index contributed by atoms with van der Waals surface area (Å²) in [6, 6.07) is 30.1. The molecule has 1 atom stereocenters. The van der Waals surface area contributed by atoms with Crippen molar-refractivity contribution in [2.45, 2.75) is 19.5 Å². The van der Waals surface area contributed by atoms with Crippen LogP contribution in [0.5, 0.6) is 5.75 Å². The summed E-state index contributed by atoms with van der Waals surface area (Å²) >= 11 is 0. The highest BCUT2D eigenvalue weighted by molar-refractivity contribution is 5.95. The van der Waals surface area contributed by atoms with Gasteiger partial charge in [0.2, 0.25) is 5.91 Å². The number of nitrogens with one attached hydrogen (secondary N) is 1. The summed E-state index contributed by atoms with van der Waals surface area (Å²) in [7, 11) is 0. The lowest BCUT2D eigenvalue weighted by Crippen LogP contribution is -2.33. The average Bonchev–Trinajstić information content (AvgIpc) is 2.97. The smallest absolute Gasteiger partial charge is 0.251 e. The van der Waals surface area contributed by atoms with Gasteiger partial charge in [-0.15, -0.1) is 0 Å². The number of hydrogen-bond donors (Lipinski definition) is 2. The van der Waals surface area contributed by atoms with Gasteiger partial charge >= 0.3 is 0 Å². The Morgan fingerprint density at radius 3 is 2.44 bits per heavy atom. The molecule has 0 radical (unpaired) electrons. The maximum atomic E-state index is 13.0. The number of benzene rings is 4. The summed E-state index contributed by atoms with van der Waals surface area (Å²) in [5, 5.41) is 12.0. The molecule has 1 aliphatic rings. The second-order valence-corrected chi connectivity index (χ2v) is 9.48. The number of amides is 2. The van der Waals surface area contributed by atoms with Gasteiger partial charge in [-0.3, -0.25) is 9.59 Å². The van der Waals surface area contributed by atoms with Gasteiger partial charge in [0.15, 0.2) is 0 Å². The zero-order valence-corrected chi connectivity index (χ0v) is 21.6. The highest BCUT2D eigenvalue weighted by Crippen LogP contribution is 2.35. The number of hydrogen-bond acceptors (Lipinski definition) is 5. The van der Waals surface area contributed by atoms with Crippen molar-refractivity contribution in [3.8, 4) is 22.9 Å². The number of nitrogens with two attached hydrogens (primary N) is 1. The van der Waals surface area contributed by atoms with E-state index in [4.69, 9.17) is 15.7 Å². The number of rotatable bonds is 7. The zero-order chi connectivity index (χ0) is 27.4. The highest BCUT2D eigenvalue weighted by Gasteiger charge is 2.22. The fourth-order valence-electron chi connectivity index (χ4n) is 4.75. The van der Waals surface area contributed by atoms with Gasteiger partial charge in [0, 0.05) is 17.7 Å². The lowest BCUT2D eigenvalue weighted by Gasteiger charge is -2.32. The average molecular weight is 517 g/mol. The number of nitriles is 1. The van der Waals surface area contributed by atoms with Crippen molar-refractivity contribution in [2.75, 3.05) is 18.1 Å². The Kier molecular flexibility index (Phi) is 7.28. The Morgan fingerprint density at radius 2 is 1.72 bits per heavy atom. The van der Waals surface area contributed by atoms with Crippen molar-refractivity contribution in [3.05, 3.63) is 119 Å². The molecule has 39 heavy (non-hydrogen) atoms. The van der Waals surface area contributed by atoms with E-state index < -0.39 is 5.91 Å². The Morgan fingerprint density at radius 1 is 1.00 bits per heavy atom. The van der Waals surface area contributed by atoms with Crippen LogP contribution in [0.3, 0.4) is 0 Å². The molecule has 1 aliphatic heterocycles. The Labute approximate surface area is 227 Å². The lowest BCUT2D eigenvalue weighted by molar-refractivity contribution is 0.0938. The minimum atomic E-state index is -0.448. The fraction of sp³-hybridized carbons (Fsp3) is 0.156. The molecular weight excluding hydrogens is 488 g/mol. The van der Waals surface area contributed by atoms with Crippen LogP contribution >= 0.6 is 0 Å². The van der Waals surface area contributed by atoms with Gasteiger partial charge in [-0.2, -0.15) is 5.26 Å².